The number of aromatic nitrogens is 3. The molecule has 0 bridgehead atoms. The third kappa shape index (κ3) is 9.88. The molecule has 4 aromatic rings. The summed E-state index contributed by atoms with van der Waals surface area (Å²) in [6, 6.07) is 21.0. The molecule has 0 radical (unpaired) electrons. The average Bonchev–Trinajstić information content (AvgIpc) is 3.48. The Morgan fingerprint density at radius 2 is 1.74 bits per heavy atom. The van der Waals surface area contributed by atoms with Gasteiger partial charge in [-0.05, 0) is 72.9 Å². The van der Waals surface area contributed by atoms with Gasteiger partial charge in [0.15, 0.2) is 11.0 Å². The van der Waals surface area contributed by atoms with E-state index in [4.69, 9.17) is 0 Å². The Hall–Kier alpha value is -4.32. The highest BCUT2D eigenvalue weighted by Crippen LogP contribution is 2.24. The van der Waals surface area contributed by atoms with E-state index in [1.165, 1.54) is 47.0 Å². The maximum atomic E-state index is 12.5. The van der Waals surface area contributed by atoms with E-state index in [0.717, 1.165) is 53.8 Å². The largest absolute Gasteiger partial charge is 0.573 e. The molecule has 0 fully saturated rings. The summed E-state index contributed by atoms with van der Waals surface area (Å²) in [4.78, 5) is 21.4. The van der Waals surface area contributed by atoms with E-state index in [-0.39, 0.29) is 11.8 Å². The van der Waals surface area contributed by atoms with E-state index in [1.807, 2.05) is 55.5 Å². The molecule has 2 amide bonds. The number of nitrogens with one attached hydrogen (secondary N) is 2. The lowest BCUT2D eigenvalue weighted by molar-refractivity contribution is -0.274. The first-order valence-corrected chi connectivity index (χ1v) is 14.9. The van der Waals surface area contributed by atoms with Gasteiger partial charge in [0, 0.05) is 12.1 Å². The van der Waals surface area contributed by atoms with Crippen molar-refractivity contribution in [2.45, 2.75) is 45.9 Å². The number of amides is 2. The van der Waals surface area contributed by atoms with Crippen molar-refractivity contribution in [1.82, 2.24) is 25.4 Å². The second-order valence-corrected chi connectivity index (χ2v) is 10.7. The SMILES string of the molecule is CCSC(=Nc1ccccc1CC)NC(=O)NCCCCc1ccc(-c2ncn(-c3ccc(OC(F)(F)F)cc3)n2)cc1. The summed E-state index contributed by atoms with van der Waals surface area (Å²) in [5.74, 6) is 0.993. The molecule has 12 heteroatoms. The number of amidine groups is 1. The lowest BCUT2D eigenvalue weighted by Gasteiger charge is -2.10. The highest BCUT2D eigenvalue weighted by molar-refractivity contribution is 8.13. The molecule has 1 aromatic heterocycles. The number of hydrogen-bond donors (Lipinski definition) is 2. The Morgan fingerprint density at radius 1 is 1.00 bits per heavy atom. The van der Waals surface area contributed by atoms with Crippen molar-refractivity contribution in [3.63, 3.8) is 0 Å². The Morgan fingerprint density at radius 3 is 2.44 bits per heavy atom. The zero-order chi connectivity index (χ0) is 30.7. The molecule has 0 aliphatic carbocycles. The number of aryl methyl sites for hydroxylation is 2. The molecule has 0 unspecified atom stereocenters. The monoisotopic (exact) mass is 610 g/mol. The minimum absolute atomic E-state index is 0.268. The highest BCUT2D eigenvalue weighted by atomic mass is 32.2. The lowest BCUT2D eigenvalue weighted by atomic mass is 10.1. The Bertz CT molecular complexity index is 1510. The summed E-state index contributed by atoms with van der Waals surface area (Å²) >= 11 is 1.49. The van der Waals surface area contributed by atoms with Gasteiger partial charge in [0.1, 0.15) is 12.1 Å². The fourth-order valence-corrected chi connectivity index (χ4v) is 4.80. The predicted octanol–water partition coefficient (Wildman–Crippen LogP) is 7.46. The van der Waals surface area contributed by atoms with Gasteiger partial charge in [-0.3, -0.25) is 5.32 Å². The van der Waals surface area contributed by atoms with Gasteiger partial charge in [0.25, 0.3) is 0 Å². The number of unbranched alkanes of at least 4 members (excludes halogenated alkanes) is 1. The molecule has 0 atom stereocenters. The van der Waals surface area contributed by atoms with Crippen molar-refractivity contribution < 1.29 is 22.7 Å². The number of aliphatic imine (C=N–C) groups is 1. The zero-order valence-corrected chi connectivity index (χ0v) is 24.7. The van der Waals surface area contributed by atoms with Crippen LogP contribution in [-0.2, 0) is 12.8 Å². The van der Waals surface area contributed by atoms with Crippen molar-refractivity contribution in [3.8, 4) is 22.8 Å². The molecule has 0 saturated carbocycles. The molecule has 8 nitrogen and oxygen atoms in total. The van der Waals surface area contributed by atoms with Crippen LogP contribution in [-0.4, -0.2) is 44.6 Å². The van der Waals surface area contributed by atoms with Crippen LogP contribution in [0.4, 0.5) is 23.7 Å². The van der Waals surface area contributed by atoms with Gasteiger partial charge in [-0.1, -0.05) is 68.1 Å². The zero-order valence-electron chi connectivity index (χ0n) is 23.9. The maximum absolute atomic E-state index is 12.5. The minimum atomic E-state index is -4.74. The molecular formula is C31H33F3N6O2S. The molecular weight excluding hydrogens is 577 g/mol. The van der Waals surface area contributed by atoms with Crippen molar-refractivity contribution in [2.24, 2.45) is 4.99 Å². The average molecular weight is 611 g/mol. The summed E-state index contributed by atoms with van der Waals surface area (Å²) in [6.07, 6.45) is 0.201. The number of halogens is 3. The van der Waals surface area contributed by atoms with Crippen LogP contribution in [0.5, 0.6) is 5.75 Å². The Labute approximate surface area is 252 Å². The molecule has 3 aromatic carbocycles. The minimum Gasteiger partial charge on any atom is -0.406 e. The normalized spacial score (nSPS) is 11.8. The van der Waals surface area contributed by atoms with Gasteiger partial charge in [-0.15, -0.1) is 18.3 Å². The second kappa shape index (κ2) is 15.2. The van der Waals surface area contributed by atoms with Gasteiger partial charge in [0.2, 0.25) is 0 Å². The molecule has 2 N–H and O–H groups in total. The van der Waals surface area contributed by atoms with Gasteiger partial charge in [0.05, 0.1) is 11.4 Å². The standard InChI is InChI=1S/C31H33F3N6O2S/c1-3-23-10-5-6-11-27(23)37-30(43-4-2)38-29(41)35-20-8-7-9-22-12-14-24(15-13-22)28-36-21-40(39-28)25-16-18-26(19-17-25)42-31(32,33)34/h5-6,10-19,21H,3-4,7-9,20H2,1-2H3,(H2,35,37,38,41). The second-order valence-electron chi connectivity index (χ2n) is 9.42. The van der Waals surface area contributed by atoms with Gasteiger partial charge in [-0.2, -0.15) is 0 Å². The fraction of sp³-hybridized carbons (Fsp3) is 0.290. The van der Waals surface area contributed by atoms with Crippen LogP contribution in [0.2, 0.25) is 0 Å². The summed E-state index contributed by atoms with van der Waals surface area (Å²) in [6.45, 7) is 4.64. The molecule has 0 spiro atoms. The smallest absolute Gasteiger partial charge is 0.406 e. The lowest BCUT2D eigenvalue weighted by Crippen LogP contribution is -2.38. The number of nitrogens with zero attached hydrogens (tertiary/aromatic N) is 4. The molecule has 226 valence electrons. The number of carbonyl (C=O) groups excluding carboxylic acids is 1. The van der Waals surface area contributed by atoms with Crippen LogP contribution in [0.3, 0.4) is 0 Å². The molecule has 0 aliphatic rings. The molecule has 0 aliphatic heterocycles. The summed E-state index contributed by atoms with van der Waals surface area (Å²) in [5, 5.41) is 10.8. The van der Waals surface area contributed by atoms with Crippen LogP contribution >= 0.6 is 11.8 Å². The van der Waals surface area contributed by atoms with Crippen LogP contribution < -0.4 is 15.4 Å². The number of ether oxygens (including phenoxy) is 1. The number of benzene rings is 3. The number of carbonyl (C=O) groups is 1. The number of urea groups is 1. The number of alkyl halides is 3. The van der Waals surface area contributed by atoms with Gasteiger partial charge < -0.3 is 10.1 Å². The third-order valence-corrected chi connectivity index (χ3v) is 7.07. The number of para-hydroxylation sites is 1. The van der Waals surface area contributed by atoms with E-state index in [1.54, 1.807) is 0 Å². The first-order chi connectivity index (χ1) is 20.7. The molecule has 4 rings (SSSR count). The van der Waals surface area contributed by atoms with Crippen LogP contribution in [0.15, 0.2) is 84.1 Å². The first kappa shape index (κ1) is 31.6. The Kier molecular flexibility index (Phi) is 11.2. The predicted molar refractivity (Wildman–Crippen MR) is 164 cm³/mol. The highest BCUT2D eigenvalue weighted by Gasteiger charge is 2.31. The van der Waals surface area contributed by atoms with Crippen molar-refractivity contribution in [2.75, 3.05) is 12.3 Å². The summed E-state index contributed by atoms with van der Waals surface area (Å²) in [7, 11) is 0. The van der Waals surface area contributed by atoms with E-state index < -0.39 is 6.36 Å². The quantitative estimate of drug-likeness (QED) is 0.105. The van der Waals surface area contributed by atoms with Crippen LogP contribution in [0, 0.1) is 0 Å². The topological polar surface area (TPSA) is 93.4 Å². The van der Waals surface area contributed by atoms with Gasteiger partial charge >= 0.3 is 12.4 Å². The third-order valence-electron chi connectivity index (χ3n) is 6.31. The first-order valence-electron chi connectivity index (χ1n) is 14.0. The van der Waals surface area contributed by atoms with Crippen molar-refractivity contribution >= 4 is 28.6 Å². The Balaban J connectivity index is 1.21. The maximum Gasteiger partial charge on any atom is 0.573 e. The van der Waals surface area contributed by atoms with E-state index in [2.05, 4.69) is 37.4 Å². The molecule has 1 heterocycles. The number of rotatable bonds is 11. The van der Waals surface area contributed by atoms with Gasteiger partial charge in [-0.25, -0.2) is 19.5 Å². The van der Waals surface area contributed by atoms with E-state index in [0.29, 0.717) is 23.2 Å². The van der Waals surface area contributed by atoms with Crippen molar-refractivity contribution in [1.29, 1.82) is 0 Å². The molecule has 43 heavy (non-hydrogen) atoms. The summed E-state index contributed by atoms with van der Waals surface area (Å²) < 4.78 is 42.5. The van der Waals surface area contributed by atoms with Crippen LogP contribution in [0.1, 0.15) is 37.8 Å². The van der Waals surface area contributed by atoms with Crippen molar-refractivity contribution in [3.05, 3.63) is 90.3 Å². The van der Waals surface area contributed by atoms with E-state index >= 15 is 0 Å². The number of thioether (sulfide) groups is 1. The van der Waals surface area contributed by atoms with Crippen LogP contribution in [0.25, 0.3) is 17.1 Å². The fourth-order valence-electron chi connectivity index (χ4n) is 4.20. The number of hydrogen-bond acceptors (Lipinski definition) is 6. The molecule has 0 saturated heterocycles. The van der Waals surface area contributed by atoms with E-state index in [9.17, 15) is 18.0 Å². The summed E-state index contributed by atoms with van der Waals surface area (Å²) in [5.41, 5.74) is 4.52.